The van der Waals surface area contributed by atoms with Gasteiger partial charge >= 0.3 is 0 Å². The summed E-state index contributed by atoms with van der Waals surface area (Å²) < 4.78 is 68.8. The zero-order valence-corrected chi connectivity index (χ0v) is 32.4. The molecule has 4 N–H and O–H groups in total. The predicted molar refractivity (Wildman–Crippen MR) is 223 cm³/mol. The van der Waals surface area contributed by atoms with Crippen molar-refractivity contribution in [2.45, 2.75) is 25.9 Å². The van der Waals surface area contributed by atoms with Crippen LogP contribution in [0, 0.1) is 23.3 Å². The van der Waals surface area contributed by atoms with Crippen LogP contribution in [0.15, 0.2) is 129 Å². The van der Waals surface area contributed by atoms with Crippen molar-refractivity contribution in [2.24, 2.45) is 0 Å². The Morgan fingerprint density at radius 3 is 1.39 bits per heavy atom. The number of anilines is 2. The van der Waals surface area contributed by atoms with E-state index in [1.54, 1.807) is 26.0 Å². The summed E-state index contributed by atoms with van der Waals surface area (Å²) in [7, 11) is 0. The Kier molecular flexibility index (Phi) is 10.2. The lowest BCUT2D eigenvalue weighted by atomic mass is 9.99. The van der Waals surface area contributed by atoms with Crippen LogP contribution < -0.4 is 21.5 Å². The minimum absolute atomic E-state index is 0.0759. The molecule has 6 aromatic heterocycles. The third-order valence-electron chi connectivity index (χ3n) is 9.96. The van der Waals surface area contributed by atoms with Gasteiger partial charge in [0.15, 0.2) is 22.9 Å². The van der Waals surface area contributed by atoms with Gasteiger partial charge in [-0.05, 0) is 73.5 Å². The maximum absolute atomic E-state index is 14.5. The molecule has 62 heavy (non-hydrogen) atoms. The average molecular weight is 839 g/mol. The van der Waals surface area contributed by atoms with Crippen molar-refractivity contribution in [1.82, 2.24) is 39.9 Å². The van der Waals surface area contributed by atoms with Crippen LogP contribution in [-0.2, 0) is 0 Å². The van der Waals surface area contributed by atoms with Crippen LogP contribution in [0.3, 0.4) is 0 Å². The number of nitrogens with zero attached hydrogens (tertiary/aromatic N) is 6. The molecule has 4 aromatic carbocycles. The van der Waals surface area contributed by atoms with Crippen molar-refractivity contribution in [1.29, 1.82) is 0 Å². The highest BCUT2D eigenvalue weighted by Crippen LogP contribution is 2.34. The number of hydrogen-bond donors (Lipinski definition) is 4. The fourth-order valence-electron chi connectivity index (χ4n) is 7.17. The smallest absolute Gasteiger partial charge is 0.203 e. The first-order valence-electron chi connectivity index (χ1n) is 18.9. The second-order valence-electron chi connectivity index (χ2n) is 14.0. The van der Waals surface area contributed by atoms with E-state index in [1.165, 1.54) is 98.1 Å². The van der Waals surface area contributed by atoms with Crippen molar-refractivity contribution in [3.8, 4) is 22.3 Å². The molecule has 18 heteroatoms. The second kappa shape index (κ2) is 16.1. The van der Waals surface area contributed by atoms with Crippen LogP contribution in [0.1, 0.15) is 37.5 Å². The first-order valence-corrected chi connectivity index (χ1v) is 18.9. The Hall–Kier alpha value is -8.28. The normalized spacial score (nSPS) is 12.4. The number of aromatic amines is 2. The summed E-state index contributed by atoms with van der Waals surface area (Å²) >= 11 is 0. The molecule has 0 spiro atoms. The lowest BCUT2D eigenvalue weighted by molar-refractivity contribution is 0.512. The zero-order chi connectivity index (χ0) is 43.1. The second-order valence-corrected chi connectivity index (χ2v) is 14.0. The van der Waals surface area contributed by atoms with Gasteiger partial charge in [-0.2, -0.15) is 0 Å². The fourth-order valence-corrected chi connectivity index (χ4v) is 7.17. The fraction of sp³-hybridized carbons (Fsp3) is 0.0909. The van der Waals surface area contributed by atoms with E-state index in [1.807, 2.05) is 0 Å². The molecule has 0 amide bonds. The highest BCUT2D eigenvalue weighted by Gasteiger charge is 2.26. The molecular weight excluding hydrogens is 809 g/mol. The Labute approximate surface area is 345 Å². The molecule has 2 unspecified atom stereocenters. The summed E-state index contributed by atoms with van der Waals surface area (Å²) in [6.07, 6.45) is 5.70. The minimum atomic E-state index is -0.703. The van der Waals surface area contributed by atoms with Gasteiger partial charge in [0.1, 0.15) is 80.4 Å². The van der Waals surface area contributed by atoms with Gasteiger partial charge in [0.2, 0.25) is 10.9 Å². The van der Waals surface area contributed by atoms with Crippen LogP contribution in [0.5, 0.6) is 0 Å². The van der Waals surface area contributed by atoms with E-state index in [9.17, 15) is 27.2 Å². The Morgan fingerprint density at radius 1 is 0.548 bits per heavy atom. The minimum Gasteiger partial charge on any atom is -0.458 e. The maximum atomic E-state index is 14.5. The first-order chi connectivity index (χ1) is 30.0. The van der Waals surface area contributed by atoms with E-state index in [2.05, 4.69) is 50.5 Å². The number of imidazole rings is 2. The molecule has 14 nitrogen and oxygen atoms in total. The van der Waals surface area contributed by atoms with Crippen LogP contribution in [0.25, 0.3) is 66.5 Å². The van der Waals surface area contributed by atoms with E-state index < -0.39 is 46.2 Å². The number of rotatable bonds is 8. The Balaban J connectivity index is 0.000000158. The number of aromatic nitrogens is 8. The summed E-state index contributed by atoms with van der Waals surface area (Å²) in [6.45, 7) is 3.52. The highest BCUT2D eigenvalue weighted by molar-refractivity contribution is 5.87. The molecule has 6 heterocycles. The molecule has 0 bridgehead atoms. The average Bonchev–Trinajstić information content (AvgIpc) is 3.95. The van der Waals surface area contributed by atoms with Gasteiger partial charge in [0.25, 0.3) is 0 Å². The molecule has 0 aliphatic rings. The van der Waals surface area contributed by atoms with Gasteiger partial charge in [0.05, 0.1) is 35.9 Å². The summed E-state index contributed by atoms with van der Waals surface area (Å²) in [4.78, 5) is 57.3. The lowest BCUT2D eigenvalue weighted by Crippen LogP contribution is -2.16. The molecule has 0 aliphatic heterocycles. The SMILES string of the molecule is CC(Nc1ncnc2nc[nH]c12)c1oc2cccc(F)c2c(=O)c1-c1cccc(F)c1.CC(Nc1ncnc2nc[nH]c12)c1oc2cccc(F)c2c(=O)c1-c1cccc(F)c1. The molecule has 10 rings (SSSR count). The number of H-pyrrole nitrogens is 2. The number of nitrogens with one attached hydrogen (secondary N) is 4. The van der Waals surface area contributed by atoms with Gasteiger partial charge < -0.3 is 29.4 Å². The van der Waals surface area contributed by atoms with Crippen LogP contribution in [0.4, 0.5) is 29.2 Å². The van der Waals surface area contributed by atoms with E-state index in [-0.39, 0.29) is 55.7 Å². The van der Waals surface area contributed by atoms with Gasteiger partial charge in [0, 0.05) is 0 Å². The molecule has 0 aliphatic carbocycles. The van der Waals surface area contributed by atoms with Crippen molar-refractivity contribution < 1.29 is 26.4 Å². The van der Waals surface area contributed by atoms with Crippen molar-refractivity contribution in [3.63, 3.8) is 0 Å². The molecule has 0 saturated heterocycles. The largest absolute Gasteiger partial charge is 0.458 e. The van der Waals surface area contributed by atoms with Crippen molar-refractivity contribution >= 4 is 55.9 Å². The number of hydrogen-bond acceptors (Lipinski definition) is 12. The van der Waals surface area contributed by atoms with Gasteiger partial charge in [-0.3, -0.25) is 9.59 Å². The van der Waals surface area contributed by atoms with E-state index in [0.29, 0.717) is 34.0 Å². The van der Waals surface area contributed by atoms with E-state index in [0.717, 1.165) is 0 Å². The predicted octanol–water partition coefficient (Wildman–Crippen LogP) is 9.16. The lowest BCUT2D eigenvalue weighted by Gasteiger charge is -2.18. The Morgan fingerprint density at radius 2 is 0.968 bits per heavy atom. The van der Waals surface area contributed by atoms with Crippen molar-refractivity contribution in [3.05, 3.63) is 165 Å². The molecule has 0 saturated carbocycles. The molecule has 2 atom stereocenters. The van der Waals surface area contributed by atoms with Crippen molar-refractivity contribution in [2.75, 3.05) is 10.6 Å². The summed E-state index contributed by atoms with van der Waals surface area (Å²) in [5, 5.41) is 5.98. The third-order valence-corrected chi connectivity index (χ3v) is 9.96. The summed E-state index contributed by atoms with van der Waals surface area (Å²) in [6, 6.07) is 18.3. The standard InChI is InChI=1S/2C22H15F2N5O2/c2*1-11(29-22-18-21(26-9-25-18)27-10-28-22)20-16(12-4-2-5-13(23)8-12)19(30)17-14(24)6-3-7-15(17)31-20/h2*2-11H,1H3,(H2,25,26,27,28,29). The number of fused-ring (bicyclic) bond motifs is 4. The van der Waals surface area contributed by atoms with Gasteiger partial charge in [-0.1, -0.05) is 36.4 Å². The van der Waals surface area contributed by atoms with Gasteiger partial charge in [-0.15, -0.1) is 0 Å². The molecule has 308 valence electrons. The summed E-state index contributed by atoms with van der Waals surface area (Å²) in [5.74, 6) is -1.11. The monoisotopic (exact) mass is 838 g/mol. The number of benzene rings is 4. The molecular formula is C44H30F4N10O4. The third kappa shape index (κ3) is 7.22. The first kappa shape index (κ1) is 39.2. The summed E-state index contributed by atoms with van der Waals surface area (Å²) in [5.41, 5.74) is 1.87. The Bertz CT molecular complexity index is 3220. The van der Waals surface area contributed by atoms with E-state index >= 15 is 0 Å². The highest BCUT2D eigenvalue weighted by atomic mass is 19.1. The maximum Gasteiger partial charge on any atom is 0.203 e. The molecule has 0 fully saturated rings. The van der Waals surface area contributed by atoms with Crippen LogP contribution in [0.2, 0.25) is 0 Å². The molecule has 10 aromatic rings. The number of halogens is 4. The van der Waals surface area contributed by atoms with Crippen LogP contribution >= 0.6 is 0 Å². The topological polar surface area (TPSA) is 193 Å². The van der Waals surface area contributed by atoms with Gasteiger partial charge in [-0.25, -0.2) is 47.5 Å². The molecule has 0 radical (unpaired) electrons. The quantitative estimate of drug-likeness (QED) is 0.106. The van der Waals surface area contributed by atoms with Crippen LogP contribution in [-0.4, -0.2) is 39.9 Å². The van der Waals surface area contributed by atoms with E-state index in [4.69, 9.17) is 8.83 Å². The zero-order valence-electron chi connectivity index (χ0n) is 32.4.